The van der Waals surface area contributed by atoms with Gasteiger partial charge in [-0.3, -0.25) is 14.9 Å². The average molecular weight is 299 g/mol. The molecule has 0 bridgehead atoms. The summed E-state index contributed by atoms with van der Waals surface area (Å²) in [7, 11) is 0. The molecular formula is C13H15ClN2O4. The molecule has 0 atom stereocenters. The van der Waals surface area contributed by atoms with Gasteiger partial charge in [0.05, 0.1) is 17.1 Å². The van der Waals surface area contributed by atoms with E-state index in [0.29, 0.717) is 19.7 Å². The molecule has 1 saturated heterocycles. The van der Waals surface area contributed by atoms with E-state index in [1.165, 1.54) is 18.2 Å². The number of nitro benzene ring substituents is 1. The number of hydrogen-bond acceptors (Lipinski definition) is 4. The van der Waals surface area contributed by atoms with Crippen LogP contribution in [-0.4, -0.2) is 41.0 Å². The van der Waals surface area contributed by atoms with Crippen molar-refractivity contribution in [1.82, 2.24) is 4.90 Å². The number of carbonyl (C=O) groups excluding carboxylic acids is 1. The van der Waals surface area contributed by atoms with Crippen LogP contribution in [0.2, 0.25) is 5.02 Å². The highest BCUT2D eigenvalue weighted by molar-refractivity contribution is 6.33. The summed E-state index contributed by atoms with van der Waals surface area (Å²) in [5, 5.41) is 11.0. The number of rotatable bonds is 2. The van der Waals surface area contributed by atoms with Crippen molar-refractivity contribution in [2.45, 2.75) is 19.4 Å². The Labute approximate surface area is 121 Å². The zero-order valence-corrected chi connectivity index (χ0v) is 12.0. The van der Waals surface area contributed by atoms with Gasteiger partial charge in [-0.15, -0.1) is 0 Å². The summed E-state index contributed by atoms with van der Waals surface area (Å²) in [6.45, 7) is 4.95. The Balaban J connectivity index is 2.34. The van der Waals surface area contributed by atoms with Crippen LogP contribution >= 0.6 is 11.6 Å². The molecule has 0 spiro atoms. The van der Waals surface area contributed by atoms with E-state index in [-0.39, 0.29) is 16.3 Å². The van der Waals surface area contributed by atoms with Crippen LogP contribution in [0.15, 0.2) is 18.2 Å². The summed E-state index contributed by atoms with van der Waals surface area (Å²) < 4.78 is 5.53. The summed E-state index contributed by atoms with van der Waals surface area (Å²) in [5.41, 5.74) is -0.787. The van der Waals surface area contributed by atoms with Gasteiger partial charge < -0.3 is 9.64 Å². The van der Waals surface area contributed by atoms with E-state index < -0.39 is 16.4 Å². The van der Waals surface area contributed by atoms with Crippen LogP contribution in [0.1, 0.15) is 24.2 Å². The van der Waals surface area contributed by atoms with Crippen LogP contribution in [0, 0.1) is 10.1 Å². The molecule has 1 heterocycles. The number of benzene rings is 1. The fourth-order valence-electron chi connectivity index (χ4n) is 2.23. The Bertz CT molecular complexity index is 559. The quantitative estimate of drug-likeness (QED) is 0.621. The minimum absolute atomic E-state index is 0.0141. The summed E-state index contributed by atoms with van der Waals surface area (Å²) in [6, 6.07) is 4.36. The molecule has 1 aromatic carbocycles. The van der Waals surface area contributed by atoms with Crippen molar-refractivity contribution in [2.24, 2.45) is 0 Å². The number of para-hydroxylation sites is 1. The van der Waals surface area contributed by atoms with Crippen molar-refractivity contribution in [3.8, 4) is 0 Å². The number of ether oxygens (including phenoxy) is 1. The summed E-state index contributed by atoms with van der Waals surface area (Å²) in [4.78, 5) is 24.5. The maximum Gasteiger partial charge on any atom is 0.300 e. The Morgan fingerprint density at radius 2 is 2.20 bits per heavy atom. The van der Waals surface area contributed by atoms with E-state index in [9.17, 15) is 14.9 Å². The lowest BCUT2D eigenvalue weighted by molar-refractivity contribution is -0.385. The third kappa shape index (κ3) is 2.91. The van der Waals surface area contributed by atoms with Gasteiger partial charge in [-0.2, -0.15) is 0 Å². The van der Waals surface area contributed by atoms with Crippen molar-refractivity contribution >= 4 is 23.2 Å². The lowest BCUT2D eigenvalue weighted by Gasteiger charge is -2.38. The van der Waals surface area contributed by atoms with Gasteiger partial charge in [0.2, 0.25) is 0 Å². The molecule has 0 radical (unpaired) electrons. The zero-order valence-electron chi connectivity index (χ0n) is 11.3. The molecule has 1 aliphatic rings. The molecule has 20 heavy (non-hydrogen) atoms. The molecule has 0 saturated carbocycles. The highest BCUT2D eigenvalue weighted by atomic mass is 35.5. The smallest absolute Gasteiger partial charge is 0.300 e. The monoisotopic (exact) mass is 298 g/mol. The lowest BCUT2D eigenvalue weighted by Crippen LogP contribution is -2.50. The number of halogens is 1. The van der Waals surface area contributed by atoms with Crippen LogP contribution in [0.3, 0.4) is 0 Å². The van der Waals surface area contributed by atoms with Gasteiger partial charge in [0.15, 0.2) is 0 Å². The van der Waals surface area contributed by atoms with Crippen LogP contribution in [0.5, 0.6) is 0 Å². The second-order valence-corrected chi connectivity index (χ2v) is 5.64. The van der Waals surface area contributed by atoms with Crippen molar-refractivity contribution < 1.29 is 14.5 Å². The molecule has 0 aliphatic carbocycles. The summed E-state index contributed by atoms with van der Waals surface area (Å²) in [6.07, 6.45) is 0. The van der Waals surface area contributed by atoms with Gasteiger partial charge in [0.25, 0.3) is 5.91 Å². The minimum atomic E-state index is -0.624. The van der Waals surface area contributed by atoms with E-state index in [1.807, 2.05) is 13.8 Å². The van der Waals surface area contributed by atoms with Gasteiger partial charge in [-0.1, -0.05) is 17.7 Å². The first-order valence-corrected chi connectivity index (χ1v) is 6.56. The first-order valence-electron chi connectivity index (χ1n) is 6.18. The minimum Gasteiger partial charge on any atom is -0.372 e. The number of nitro groups is 1. The normalized spacial score (nSPS) is 17.9. The fourth-order valence-corrected chi connectivity index (χ4v) is 2.48. The molecule has 1 amide bonds. The molecule has 2 rings (SSSR count). The topological polar surface area (TPSA) is 72.7 Å². The molecule has 108 valence electrons. The van der Waals surface area contributed by atoms with Crippen LogP contribution < -0.4 is 0 Å². The highest BCUT2D eigenvalue weighted by Gasteiger charge is 2.33. The maximum absolute atomic E-state index is 12.5. The van der Waals surface area contributed by atoms with Crippen LogP contribution in [0.4, 0.5) is 5.69 Å². The Morgan fingerprint density at radius 1 is 1.50 bits per heavy atom. The summed E-state index contributed by atoms with van der Waals surface area (Å²) >= 11 is 5.83. The molecule has 0 unspecified atom stereocenters. The molecular weight excluding hydrogens is 284 g/mol. The number of nitrogens with zero attached hydrogens (tertiary/aromatic N) is 2. The first kappa shape index (κ1) is 14.7. The predicted molar refractivity (Wildman–Crippen MR) is 74.0 cm³/mol. The third-order valence-electron chi connectivity index (χ3n) is 3.11. The molecule has 0 aromatic heterocycles. The molecule has 1 aliphatic heterocycles. The molecule has 7 heteroatoms. The van der Waals surface area contributed by atoms with Crippen molar-refractivity contribution in [2.75, 3.05) is 19.7 Å². The van der Waals surface area contributed by atoms with E-state index in [4.69, 9.17) is 16.3 Å². The van der Waals surface area contributed by atoms with Crippen molar-refractivity contribution in [1.29, 1.82) is 0 Å². The van der Waals surface area contributed by atoms with Crippen LogP contribution in [-0.2, 0) is 4.74 Å². The zero-order chi connectivity index (χ0) is 14.9. The SMILES string of the molecule is CC1(C)CN(C(=O)c2cccc(Cl)c2[N+](=O)[O-])CCO1. The second-order valence-electron chi connectivity index (χ2n) is 5.23. The molecule has 1 aromatic rings. The standard InChI is InChI=1S/C13H15ClN2O4/c1-13(2)8-15(6-7-20-13)12(17)9-4-3-5-10(14)11(9)16(18)19/h3-5H,6-8H2,1-2H3. The van der Waals surface area contributed by atoms with Gasteiger partial charge in [0, 0.05) is 13.1 Å². The number of hydrogen-bond donors (Lipinski definition) is 0. The lowest BCUT2D eigenvalue weighted by atomic mass is 10.1. The largest absolute Gasteiger partial charge is 0.372 e. The Kier molecular flexibility index (Phi) is 3.96. The predicted octanol–water partition coefficient (Wildman–Crippen LogP) is 2.50. The van der Waals surface area contributed by atoms with E-state index >= 15 is 0 Å². The van der Waals surface area contributed by atoms with E-state index in [2.05, 4.69) is 0 Å². The van der Waals surface area contributed by atoms with Gasteiger partial charge >= 0.3 is 5.69 Å². The van der Waals surface area contributed by atoms with E-state index in [0.717, 1.165) is 0 Å². The van der Waals surface area contributed by atoms with Gasteiger partial charge in [-0.05, 0) is 26.0 Å². The summed E-state index contributed by atoms with van der Waals surface area (Å²) in [5.74, 6) is -0.393. The van der Waals surface area contributed by atoms with Gasteiger partial charge in [0.1, 0.15) is 10.6 Å². The van der Waals surface area contributed by atoms with Crippen molar-refractivity contribution in [3.05, 3.63) is 38.9 Å². The second kappa shape index (κ2) is 5.38. The molecule has 1 fully saturated rings. The Hall–Kier alpha value is -1.66. The van der Waals surface area contributed by atoms with Crippen molar-refractivity contribution in [3.63, 3.8) is 0 Å². The van der Waals surface area contributed by atoms with Crippen LogP contribution in [0.25, 0.3) is 0 Å². The average Bonchev–Trinajstić information content (AvgIpc) is 2.35. The maximum atomic E-state index is 12.5. The fraction of sp³-hybridized carbons (Fsp3) is 0.462. The first-order chi connectivity index (χ1) is 9.32. The molecule has 0 N–H and O–H groups in total. The Morgan fingerprint density at radius 3 is 2.80 bits per heavy atom. The number of carbonyl (C=O) groups is 1. The van der Waals surface area contributed by atoms with Gasteiger partial charge in [-0.25, -0.2) is 0 Å². The molecule has 6 nitrogen and oxygen atoms in total. The van der Waals surface area contributed by atoms with E-state index in [1.54, 1.807) is 4.90 Å². The highest BCUT2D eigenvalue weighted by Crippen LogP contribution is 2.30. The third-order valence-corrected chi connectivity index (χ3v) is 3.42. The number of morpholine rings is 1. The number of amides is 1.